The molecule has 2 heteroatoms. The fraction of sp³-hybridized carbons (Fsp3) is 0.143. The normalized spacial score (nSPS) is 9.19. The molecule has 2 N–H and O–H groups in total. The van der Waals surface area contributed by atoms with Crippen LogP contribution in [0.5, 0.6) is 0 Å². The van der Waals surface area contributed by atoms with Crippen molar-refractivity contribution in [3.8, 4) is 11.1 Å². The van der Waals surface area contributed by atoms with Gasteiger partial charge in [-0.1, -0.05) is 30.8 Å². The van der Waals surface area contributed by atoms with Gasteiger partial charge in [0.1, 0.15) is 0 Å². The lowest BCUT2D eigenvalue weighted by Crippen LogP contribution is -1.82. The van der Waals surface area contributed by atoms with Crippen molar-refractivity contribution in [3.05, 3.63) is 54.4 Å². The molecule has 0 saturated heterocycles. The molecule has 1 heterocycles. The van der Waals surface area contributed by atoms with Gasteiger partial charge in [0, 0.05) is 24.6 Å². The Bertz CT molecular complexity index is 457. The Balaban J connectivity index is 0.000000606. The van der Waals surface area contributed by atoms with Gasteiger partial charge in [-0.05, 0) is 30.2 Å². The number of aromatic amines is 1. The van der Waals surface area contributed by atoms with Crippen molar-refractivity contribution in [2.24, 2.45) is 0 Å². The van der Waals surface area contributed by atoms with E-state index < -0.39 is 0 Å². The van der Waals surface area contributed by atoms with Crippen LogP contribution in [-0.4, -0.2) is 17.2 Å². The van der Waals surface area contributed by atoms with Crippen molar-refractivity contribution >= 4 is 6.08 Å². The molecule has 0 radical (unpaired) electrons. The van der Waals surface area contributed by atoms with Crippen LogP contribution in [0.1, 0.15) is 11.3 Å². The molecule has 2 aromatic rings. The highest BCUT2D eigenvalue weighted by Crippen LogP contribution is 2.26. The quantitative estimate of drug-likeness (QED) is 0.792. The number of H-pyrrole nitrogens is 1. The first-order chi connectivity index (χ1) is 7.83. The second-order valence-corrected chi connectivity index (χ2v) is 3.32. The third-order valence-corrected chi connectivity index (χ3v) is 2.42. The summed E-state index contributed by atoms with van der Waals surface area (Å²) in [6, 6.07) is 10.4. The second kappa shape index (κ2) is 5.93. The van der Waals surface area contributed by atoms with Gasteiger partial charge in [0.25, 0.3) is 0 Å². The minimum Gasteiger partial charge on any atom is -0.400 e. The maximum Gasteiger partial charge on any atom is 0.0454 e. The van der Waals surface area contributed by atoms with Crippen LogP contribution in [0, 0.1) is 6.92 Å². The zero-order valence-electron chi connectivity index (χ0n) is 9.70. The van der Waals surface area contributed by atoms with E-state index >= 15 is 0 Å². The smallest absolute Gasteiger partial charge is 0.0454 e. The topological polar surface area (TPSA) is 36.0 Å². The van der Waals surface area contributed by atoms with Crippen molar-refractivity contribution < 1.29 is 5.11 Å². The van der Waals surface area contributed by atoms with Crippen molar-refractivity contribution in [1.82, 2.24) is 4.98 Å². The summed E-state index contributed by atoms with van der Waals surface area (Å²) in [7, 11) is 1.00. The monoisotopic (exact) mass is 215 g/mol. The van der Waals surface area contributed by atoms with E-state index in [1.54, 1.807) is 0 Å². The summed E-state index contributed by atoms with van der Waals surface area (Å²) in [4.78, 5) is 3.16. The molecule has 0 aliphatic rings. The zero-order chi connectivity index (χ0) is 12.0. The Labute approximate surface area is 96.3 Å². The molecule has 0 fully saturated rings. The molecule has 0 unspecified atom stereocenters. The third-order valence-electron chi connectivity index (χ3n) is 2.42. The summed E-state index contributed by atoms with van der Waals surface area (Å²) in [5, 5.41) is 7.00. The first kappa shape index (κ1) is 12.3. The van der Waals surface area contributed by atoms with E-state index in [-0.39, 0.29) is 0 Å². The first-order valence-electron chi connectivity index (χ1n) is 5.13. The number of nitrogens with one attached hydrogen (secondary N) is 1. The highest BCUT2D eigenvalue weighted by molar-refractivity contribution is 5.75. The zero-order valence-corrected chi connectivity index (χ0v) is 9.70. The molecular formula is C14H17NO. The number of rotatable bonds is 2. The van der Waals surface area contributed by atoms with Crippen LogP contribution in [0.3, 0.4) is 0 Å². The fourth-order valence-electron chi connectivity index (χ4n) is 1.66. The minimum atomic E-state index is 1.00. The van der Waals surface area contributed by atoms with Gasteiger partial charge < -0.3 is 10.1 Å². The maximum absolute atomic E-state index is 7.00. The van der Waals surface area contributed by atoms with Crippen LogP contribution in [-0.2, 0) is 0 Å². The van der Waals surface area contributed by atoms with Gasteiger partial charge in [-0.3, -0.25) is 0 Å². The molecule has 0 saturated carbocycles. The highest BCUT2D eigenvalue weighted by atomic mass is 16.2. The Morgan fingerprint density at radius 2 is 1.81 bits per heavy atom. The van der Waals surface area contributed by atoms with Crippen LogP contribution in [0.15, 0.2) is 43.1 Å². The summed E-state index contributed by atoms with van der Waals surface area (Å²) >= 11 is 0. The van der Waals surface area contributed by atoms with Gasteiger partial charge >= 0.3 is 0 Å². The molecule has 0 amide bonds. The average molecular weight is 215 g/mol. The van der Waals surface area contributed by atoms with Gasteiger partial charge in [-0.25, -0.2) is 0 Å². The van der Waals surface area contributed by atoms with Crippen LogP contribution < -0.4 is 0 Å². The molecule has 16 heavy (non-hydrogen) atoms. The van der Waals surface area contributed by atoms with E-state index in [1.165, 1.54) is 16.7 Å². The summed E-state index contributed by atoms with van der Waals surface area (Å²) in [5.74, 6) is 0. The summed E-state index contributed by atoms with van der Waals surface area (Å²) < 4.78 is 0. The Morgan fingerprint density at radius 3 is 2.44 bits per heavy atom. The van der Waals surface area contributed by atoms with Crippen LogP contribution in [0.25, 0.3) is 17.2 Å². The van der Waals surface area contributed by atoms with Crippen LogP contribution in [0.4, 0.5) is 0 Å². The van der Waals surface area contributed by atoms with Crippen molar-refractivity contribution in [2.45, 2.75) is 6.92 Å². The molecule has 0 aliphatic carbocycles. The van der Waals surface area contributed by atoms with E-state index in [0.29, 0.717) is 0 Å². The third kappa shape index (κ3) is 2.41. The Kier molecular flexibility index (Phi) is 4.55. The number of aliphatic hydroxyl groups is 1. The van der Waals surface area contributed by atoms with E-state index in [1.807, 2.05) is 12.3 Å². The molecule has 0 bridgehead atoms. The van der Waals surface area contributed by atoms with E-state index in [9.17, 15) is 0 Å². The molecule has 1 aromatic heterocycles. The number of benzene rings is 1. The van der Waals surface area contributed by atoms with Gasteiger partial charge in [0.15, 0.2) is 0 Å². The summed E-state index contributed by atoms with van der Waals surface area (Å²) in [6.45, 7) is 5.91. The fourth-order valence-corrected chi connectivity index (χ4v) is 1.66. The minimum absolute atomic E-state index is 1.00. The molecule has 0 atom stereocenters. The largest absolute Gasteiger partial charge is 0.400 e. The second-order valence-electron chi connectivity index (χ2n) is 3.32. The molecule has 0 spiro atoms. The lowest BCUT2D eigenvalue weighted by Gasteiger charge is -2.04. The molecule has 1 aromatic carbocycles. The van der Waals surface area contributed by atoms with Crippen molar-refractivity contribution in [3.63, 3.8) is 0 Å². The lowest BCUT2D eigenvalue weighted by atomic mass is 10.0. The predicted molar refractivity (Wildman–Crippen MR) is 69.2 cm³/mol. The Morgan fingerprint density at radius 1 is 1.12 bits per heavy atom. The maximum atomic E-state index is 7.00. The van der Waals surface area contributed by atoms with Crippen LogP contribution in [0.2, 0.25) is 0 Å². The van der Waals surface area contributed by atoms with Gasteiger partial charge in [-0.2, -0.15) is 0 Å². The SMILES string of the molecule is C=Cc1[nH]ccc1-c1ccccc1C.CO. The first-order valence-corrected chi connectivity index (χ1v) is 5.13. The summed E-state index contributed by atoms with van der Waals surface area (Å²) in [5.41, 5.74) is 4.86. The Hall–Kier alpha value is -1.80. The number of aliphatic hydroxyl groups excluding tert-OH is 1. The predicted octanol–water partition coefficient (Wildman–Crippen LogP) is 3.24. The van der Waals surface area contributed by atoms with Crippen molar-refractivity contribution in [2.75, 3.05) is 7.11 Å². The lowest BCUT2D eigenvalue weighted by molar-refractivity contribution is 0.399. The highest BCUT2D eigenvalue weighted by Gasteiger charge is 2.04. The molecule has 84 valence electrons. The van der Waals surface area contributed by atoms with Gasteiger partial charge in [-0.15, -0.1) is 0 Å². The van der Waals surface area contributed by atoms with E-state index in [0.717, 1.165) is 12.8 Å². The number of hydrogen-bond acceptors (Lipinski definition) is 1. The molecule has 2 rings (SSSR count). The van der Waals surface area contributed by atoms with Crippen LogP contribution >= 0.6 is 0 Å². The summed E-state index contributed by atoms with van der Waals surface area (Å²) in [6.07, 6.45) is 3.79. The standard InChI is InChI=1S/C13H13N.CH4O/c1-3-13-12(8-9-14-13)11-7-5-4-6-10(11)2;1-2/h3-9,14H,1H2,2H3;2H,1H3. The molecular weight excluding hydrogens is 198 g/mol. The van der Waals surface area contributed by atoms with Crippen molar-refractivity contribution in [1.29, 1.82) is 0 Å². The average Bonchev–Trinajstić information content (AvgIpc) is 2.80. The van der Waals surface area contributed by atoms with E-state index in [4.69, 9.17) is 5.11 Å². The molecule has 2 nitrogen and oxygen atoms in total. The number of aryl methyl sites for hydroxylation is 1. The molecule has 0 aliphatic heterocycles. The number of aromatic nitrogens is 1. The van der Waals surface area contributed by atoms with Gasteiger partial charge in [0.2, 0.25) is 0 Å². The number of hydrogen-bond donors (Lipinski definition) is 2. The van der Waals surface area contributed by atoms with Gasteiger partial charge in [0.05, 0.1) is 0 Å². The van der Waals surface area contributed by atoms with E-state index in [2.05, 4.69) is 48.8 Å².